The normalized spacial score (nSPS) is 17.7. The summed E-state index contributed by atoms with van der Waals surface area (Å²) in [4.78, 5) is 21.7. The highest BCUT2D eigenvalue weighted by atomic mass is 33.1. The molecular weight excluding hydrogens is 326 g/mol. The van der Waals surface area contributed by atoms with Crippen molar-refractivity contribution in [2.75, 3.05) is 17.7 Å². The number of unbranched alkanes of at least 4 members (excludes halogenated alkanes) is 1. The molecule has 6 heteroatoms. The number of nitrogens with zero attached hydrogens (tertiary/aromatic N) is 2. The van der Waals surface area contributed by atoms with E-state index < -0.39 is 0 Å². The van der Waals surface area contributed by atoms with Gasteiger partial charge >= 0.3 is 0 Å². The van der Waals surface area contributed by atoms with Crippen LogP contribution >= 0.6 is 21.6 Å². The quantitative estimate of drug-likeness (QED) is 0.614. The number of hydrogen-bond acceptors (Lipinski definition) is 4. The number of aromatic amines is 1. The third-order valence-electron chi connectivity index (χ3n) is 4.24. The van der Waals surface area contributed by atoms with Crippen LogP contribution in [-0.4, -0.2) is 33.9 Å². The van der Waals surface area contributed by atoms with Crippen LogP contribution in [0.3, 0.4) is 0 Å². The van der Waals surface area contributed by atoms with Crippen LogP contribution in [0.5, 0.6) is 0 Å². The summed E-state index contributed by atoms with van der Waals surface area (Å²) in [5, 5.41) is 0.804. The van der Waals surface area contributed by atoms with E-state index in [2.05, 4.69) is 9.97 Å². The Hall–Kier alpha value is -1.14. The highest BCUT2D eigenvalue weighted by Gasteiger charge is 2.17. The molecule has 1 aliphatic rings. The lowest BCUT2D eigenvalue weighted by molar-refractivity contribution is -0.118. The van der Waals surface area contributed by atoms with Crippen LogP contribution in [0.1, 0.15) is 37.9 Å². The largest absolute Gasteiger partial charge is 0.342 e. The van der Waals surface area contributed by atoms with Crippen molar-refractivity contribution < 1.29 is 4.79 Å². The number of H-pyrrole nitrogens is 1. The second-order valence-electron chi connectivity index (χ2n) is 6.05. The van der Waals surface area contributed by atoms with Crippen LogP contribution in [0.2, 0.25) is 0 Å². The summed E-state index contributed by atoms with van der Waals surface area (Å²) in [6, 6.07) is 5.93. The molecule has 1 saturated heterocycles. The number of imidazole rings is 1. The smallest absolute Gasteiger partial charge is 0.226 e. The highest BCUT2D eigenvalue weighted by Crippen LogP contribution is 2.39. The van der Waals surface area contributed by atoms with E-state index in [-0.39, 0.29) is 5.91 Å². The van der Waals surface area contributed by atoms with Gasteiger partial charge in [0.05, 0.1) is 11.0 Å². The van der Waals surface area contributed by atoms with Gasteiger partial charge < -0.3 is 9.88 Å². The molecule has 4 nitrogen and oxygen atoms in total. The molecule has 23 heavy (non-hydrogen) atoms. The van der Waals surface area contributed by atoms with E-state index in [1.54, 1.807) is 4.90 Å². The highest BCUT2D eigenvalue weighted by molar-refractivity contribution is 8.77. The number of benzene rings is 1. The van der Waals surface area contributed by atoms with Crippen molar-refractivity contribution >= 4 is 44.2 Å². The lowest BCUT2D eigenvalue weighted by atomic mass is 10.1. The summed E-state index contributed by atoms with van der Waals surface area (Å²) < 4.78 is 0. The first-order valence-corrected chi connectivity index (χ1v) is 10.5. The van der Waals surface area contributed by atoms with Gasteiger partial charge in [-0.2, -0.15) is 0 Å². The summed E-state index contributed by atoms with van der Waals surface area (Å²) in [5.41, 5.74) is 2.85. The summed E-state index contributed by atoms with van der Waals surface area (Å²) in [7, 11) is 5.86. The molecule has 0 unspecified atom stereocenters. The number of carbonyl (C=O) groups excluding carboxylic acids is 1. The van der Waals surface area contributed by atoms with Crippen molar-refractivity contribution in [2.45, 2.75) is 44.3 Å². The van der Waals surface area contributed by atoms with Crippen molar-refractivity contribution in [1.29, 1.82) is 0 Å². The molecule has 1 amide bonds. The first-order chi connectivity index (χ1) is 11.1. The summed E-state index contributed by atoms with van der Waals surface area (Å²) >= 11 is 0. The molecule has 3 rings (SSSR count). The zero-order valence-electron chi connectivity index (χ0n) is 13.7. The Morgan fingerprint density at radius 1 is 1.43 bits per heavy atom. The van der Waals surface area contributed by atoms with Gasteiger partial charge in [-0.3, -0.25) is 4.79 Å². The van der Waals surface area contributed by atoms with Crippen LogP contribution in [-0.2, 0) is 4.79 Å². The zero-order valence-corrected chi connectivity index (χ0v) is 15.3. The average Bonchev–Trinajstić information content (AvgIpc) is 3.17. The van der Waals surface area contributed by atoms with E-state index in [1.807, 2.05) is 53.8 Å². The molecule has 1 aliphatic heterocycles. The Bertz CT molecular complexity index is 680. The van der Waals surface area contributed by atoms with Gasteiger partial charge in [0.2, 0.25) is 5.91 Å². The van der Waals surface area contributed by atoms with Crippen LogP contribution in [0.4, 0.5) is 5.69 Å². The van der Waals surface area contributed by atoms with Gasteiger partial charge in [0.25, 0.3) is 0 Å². The van der Waals surface area contributed by atoms with E-state index in [9.17, 15) is 4.79 Å². The third kappa shape index (κ3) is 4.23. The van der Waals surface area contributed by atoms with E-state index >= 15 is 0 Å². The molecule has 0 saturated carbocycles. The standard InChI is InChI=1S/C17H23N3OS2/c1-12-18-15-8-7-13(11-16(15)19-12)20(2)17(21)6-4-3-5-14-9-10-22-23-14/h7-8,11,14H,3-6,9-10H2,1-2H3,(H,18,19)/t14-/m1/s1. The zero-order chi connectivity index (χ0) is 16.2. The summed E-state index contributed by atoms with van der Waals surface area (Å²) in [6.45, 7) is 1.94. The number of nitrogens with one attached hydrogen (secondary N) is 1. The second-order valence-corrected chi connectivity index (χ2v) is 8.84. The fraction of sp³-hybridized carbons (Fsp3) is 0.529. The fourth-order valence-electron chi connectivity index (χ4n) is 2.86. The van der Waals surface area contributed by atoms with Crippen molar-refractivity contribution in [3.8, 4) is 0 Å². The van der Waals surface area contributed by atoms with Gasteiger partial charge in [-0.25, -0.2) is 4.98 Å². The first-order valence-electron chi connectivity index (χ1n) is 8.14. The van der Waals surface area contributed by atoms with E-state index in [4.69, 9.17) is 0 Å². The fourth-order valence-corrected chi connectivity index (χ4v) is 5.89. The molecular formula is C17H23N3OS2. The van der Waals surface area contributed by atoms with Gasteiger partial charge in [0.15, 0.2) is 0 Å². The topological polar surface area (TPSA) is 49.0 Å². The lowest BCUT2D eigenvalue weighted by Gasteiger charge is -2.17. The van der Waals surface area contributed by atoms with Crippen molar-refractivity contribution in [3.63, 3.8) is 0 Å². The van der Waals surface area contributed by atoms with Gasteiger partial charge in [-0.1, -0.05) is 28.0 Å². The Morgan fingerprint density at radius 2 is 2.30 bits per heavy atom. The maximum Gasteiger partial charge on any atom is 0.226 e. The molecule has 1 N–H and O–H groups in total. The van der Waals surface area contributed by atoms with E-state index in [0.717, 1.165) is 40.6 Å². The summed E-state index contributed by atoms with van der Waals surface area (Å²) in [6.07, 6.45) is 5.33. The number of aromatic nitrogens is 2. The molecule has 0 aliphatic carbocycles. The minimum absolute atomic E-state index is 0.189. The van der Waals surface area contributed by atoms with E-state index in [1.165, 1.54) is 18.6 Å². The maximum atomic E-state index is 12.4. The van der Waals surface area contributed by atoms with Crippen LogP contribution in [0, 0.1) is 6.92 Å². The van der Waals surface area contributed by atoms with Crippen LogP contribution in [0.15, 0.2) is 18.2 Å². The molecule has 1 aromatic carbocycles. The lowest BCUT2D eigenvalue weighted by Crippen LogP contribution is -2.25. The number of hydrogen-bond donors (Lipinski definition) is 1. The minimum atomic E-state index is 0.189. The minimum Gasteiger partial charge on any atom is -0.342 e. The molecule has 0 radical (unpaired) electrons. The number of anilines is 1. The Morgan fingerprint density at radius 3 is 3.09 bits per heavy atom. The molecule has 1 fully saturated rings. The second kappa shape index (κ2) is 7.62. The number of amides is 1. The average molecular weight is 350 g/mol. The van der Waals surface area contributed by atoms with Gasteiger partial charge in [0.1, 0.15) is 5.82 Å². The Labute approximate surface area is 145 Å². The maximum absolute atomic E-state index is 12.4. The Balaban J connectivity index is 1.51. The van der Waals surface area contributed by atoms with Crippen LogP contribution in [0.25, 0.3) is 11.0 Å². The predicted molar refractivity (Wildman–Crippen MR) is 101 cm³/mol. The van der Waals surface area contributed by atoms with Gasteiger partial charge in [-0.15, -0.1) is 0 Å². The molecule has 2 heterocycles. The van der Waals surface area contributed by atoms with E-state index in [0.29, 0.717) is 6.42 Å². The Kier molecular flexibility index (Phi) is 5.54. The van der Waals surface area contributed by atoms with Gasteiger partial charge in [0, 0.05) is 30.2 Å². The molecule has 0 bridgehead atoms. The van der Waals surface area contributed by atoms with Crippen molar-refractivity contribution in [3.05, 3.63) is 24.0 Å². The number of rotatable bonds is 6. The molecule has 2 aromatic rings. The van der Waals surface area contributed by atoms with Crippen molar-refractivity contribution in [1.82, 2.24) is 9.97 Å². The summed E-state index contributed by atoms with van der Waals surface area (Å²) in [5.74, 6) is 2.37. The molecule has 124 valence electrons. The number of carbonyl (C=O) groups is 1. The molecule has 1 atom stereocenters. The third-order valence-corrected chi connectivity index (χ3v) is 7.25. The predicted octanol–water partition coefficient (Wildman–Crippen LogP) is 4.55. The molecule has 0 spiro atoms. The van der Waals surface area contributed by atoms with Crippen molar-refractivity contribution in [2.24, 2.45) is 0 Å². The number of aryl methyl sites for hydroxylation is 1. The van der Waals surface area contributed by atoms with Gasteiger partial charge in [-0.05, 0) is 44.4 Å². The number of fused-ring (bicyclic) bond motifs is 1. The monoisotopic (exact) mass is 349 g/mol. The first kappa shape index (κ1) is 16.7. The molecule has 1 aromatic heterocycles. The van der Waals surface area contributed by atoms with Crippen LogP contribution < -0.4 is 4.90 Å². The SMILES string of the molecule is Cc1nc2ccc(N(C)C(=O)CCCC[C@@H]3CCSS3)cc2[nH]1.